The van der Waals surface area contributed by atoms with Crippen molar-refractivity contribution in [3.05, 3.63) is 35.9 Å². The number of rotatable bonds is 4. The molecule has 1 aliphatic heterocycles. The molecule has 1 amide bonds. The number of hydrogen-bond donors (Lipinski definition) is 0. The Kier molecular flexibility index (Phi) is 5.30. The van der Waals surface area contributed by atoms with Gasteiger partial charge < -0.3 is 4.90 Å². The Morgan fingerprint density at radius 2 is 1.80 bits per heavy atom. The van der Waals surface area contributed by atoms with E-state index in [9.17, 15) is 9.59 Å². The molecule has 1 heterocycles. The van der Waals surface area contributed by atoms with Crippen molar-refractivity contribution in [3.8, 4) is 0 Å². The van der Waals surface area contributed by atoms with Crippen LogP contribution >= 0.6 is 0 Å². The van der Waals surface area contributed by atoms with Gasteiger partial charge in [-0.3, -0.25) is 14.5 Å². The van der Waals surface area contributed by atoms with Gasteiger partial charge in [-0.25, -0.2) is 0 Å². The Bertz CT molecular complexity index is 459. The fourth-order valence-corrected chi connectivity index (χ4v) is 2.54. The predicted octanol–water partition coefficient (Wildman–Crippen LogP) is 1.70. The molecule has 4 nitrogen and oxygen atoms in total. The standard InChI is InChI=1S/C16H22N2O2/c1-14(19)12-16(20)18-9-5-8-17(10-11-18)13-15-6-3-2-4-7-15/h2-4,6-7H,5,8-13H2,1H3. The van der Waals surface area contributed by atoms with Crippen molar-refractivity contribution >= 4 is 11.7 Å². The van der Waals surface area contributed by atoms with Crippen LogP contribution in [0.25, 0.3) is 0 Å². The molecule has 0 N–H and O–H groups in total. The molecule has 1 aromatic carbocycles. The molecule has 1 fully saturated rings. The number of Topliss-reactive ketones (excluding diaryl/α,β-unsaturated/α-hetero) is 1. The highest BCUT2D eigenvalue weighted by Gasteiger charge is 2.19. The van der Waals surface area contributed by atoms with E-state index >= 15 is 0 Å². The zero-order valence-electron chi connectivity index (χ0n) is 12.0. The van der Waals surface area contributed by atoms with Crippen LogP contribution in [0.2, 0.25) is 0 Å². The first-order chi connectivity index (χ1) is 9.65. The third kappa shape index (κ3) is 4.46. The van der Waals surface area contributed by atoms with Crippen LogP contribution < -0.4 is 0 Å². The molecule has 1 saturated heterocycles. The minimum Gasteiger partial charge on any atom is -0.341 e. The van der Waals surface area contributed by atoms with Gasteiger partial charge in [0, 0.05) is 32.7 Å². The monoisotopic (exact) mass is 274 g/mol. The molecule has 2 rings (SSSR count). The second-order valence-corrected chi connectivity index (χ2v) is 5.37. The van der Waals surface area contributed by atoms with Gasteiger partial charge in [0.15, 0.2) is 0 Å². The summed E-state index contributed by atoms with van der Waals surface area (Å²) < 4.78 is 0. The van der Waals surface area contributed by atoms with Crippen molar-refractivity contribution in [2.75, 3.05) is 26.2 Å². The molecule has 0 saturated carbocycles. The Hall–Kier alpha value is -1.68. The van der Waals surface area contributed by atoms with E-state index in [0.717, 1.165) is 39.1 Å². The molecule has 1 aliphatic rings. The second kappa shape index (κ2) is 7.20. The summed E-state index contributed by atoms with van der Waals surface area (Å²) in [6.45, 7) is 5.75. The summed E-state index contributed by atoms with van der Waals surface area (Å²) in [7, 11) is 0. The summed E-state index contributed by atoms with van der Waals surface area (Å²) in [5.74, 6) is -0.0838. The van der Waals surface area contributed by atoms with Gasteiger partial charge >= 0.3 is 0 Å². The van der Waals surface area contributed by atoms with E-state index in [1.54, 1.807) is 0 Å². The average Bonchev–Trinajstić information content (AvgIpc) is 2.65. The summed E-state index contributed by atoms with van der Waals surface area (Å²) >= 11 is 0. The summed E-state index contributed by atoms with van der Waals surface area (Å²) in [5, 5.41) is 0. The number of amides is 1. The number of carbonyl (C=O) groups excluding carboxylic acids is 2. The van der Waals surface area contributed by atoms with E-state index in [0.29, 0.717) is 0 Å². The third-order valence-corrected chi connectivity index (χ3v) is 3.59. The van der Waals surface area contributed by atoms with Crippen LogP contribution in [0.5, 0.6) is 0 Å². The van der Waals surface area contributed by atoms with Crippen molar-refractivity contribution in [1.82, 2.24) is 9.80 Å². The van der Waals surface area contributed by atoms with Crippen LogP contribution in [-0.2, 0) is 16.1 Å². The zero-order valence-corrected chi connectivity index (χ0v) is 12.0. The average molecular weight is 274 g/mol. The second-order valence-electron chi connectivity index (χ2n) is 5.37. The minimum absolute atomic E-state index is 0.0286. The van der Waals surface area contributed by atoms with Gasteiger partial charge in [0.1, 0.15) is 5.78 Å². The maximum Gasteiger partial charge on any atom is 0.230 e. The Morgan fingerprint density at radius 1 is 1.05 bits per heavy atom. The molecule has 20 heavy (non-hydrogen) atoms. The van der Waals surface area contributed by atoms with Crippen molar-refractivity contribution in [3.63, 3.8) is 0 Å². The Morgan fingerprint density at radius 3 is 2.50 bits per heavy atom. The molecule has 0 aliphatic carbocycles. The molecular weight excluding hydrogens is 252 g/mol. The van der Waals surface area contributed by atoms with Crippen LogP contribution in [0, 0.1) is 0 Å². The third-order valence-electron chi connectivity index (χ3n) is 3.59. The number of benzene rings is 1. The van der Waals surface area contributed by atoms with Crippen LogP contribution in [0.1, 0.15) is 25.3 Å². The molecule has 0 atom stereocenters. The lowest BCUT2D eigenvalue weighted by molar-refractivity contribution is -0.134. The highest BCUT2D eigenvalue weighted by Crippen LogP contribution is 2.09. The number of nitrogens with zero attached hydrogens (tertiary/aromatic N) is 2. The largest absolute Gasteiger partial charge is 0.341 e. The van der Waals surface area contributed by atoms with E-state index < -0.39 is 0 Å². The number of ketones is 1. The molecule has 0 aromatic heterocycles. The molecule has 0 radical (unpaired) electrons. The van der Waals surface area contributed by atoms with Gasteiger partial charge in [0.05, 0.1) is 6.42 Å². The highest BCUT2D eigenvalue weighted by molar-refractivity contribution is 5.96. The van der Waals surface area contributed by atoms with Crippen molar-refractivity contribution in [1.29, 1.82) is 0 Å². The normalized spacial score (nSPS) is 16.8. The quantitative estimate of drug-likeness (QED) is 0.785. The minimum atomic E-state index is -0.0552. The number of carbonyl (C=O) groups is 2. The highest BCUT2D eigenvalue weighted by atomic mass is 16.2. The Balaban J connectivity index is 1.86. The predicted molar refractivity (Wildman–Crippen MR) is 78.2 cm³/mol. The van der Waals surface area contributed by atoms with Gasteiger partial charge in [-0.2, -0.15) is 0 Å². The molecule has 0 bridgehead atoms. The number of hydrogen-bond acceptors (Lipinski definition) is 3. The molecule has 4 heteroatoms. The fourth-order valence-electron chi connectivity index (χ4n) is 2.54. The Labute approximate surface area is 120 Å². The van der Waals surface area contributed by atoms with Crippen molar-refractivity contribution in [2.24, 2.45) is 0 Å². The maximum atomic E-state index is 11.9. The maximum absolute atomic E-state index is 11.9. The molecule has 108 valence electrons. The van der Waals surface area contributed by atoms with E-state index in [-0.39, 0.29) is 18.1 Å². The van der Waals surface area contributed by atoms with Gasteiger partial charge in [-0.15, -0.1) is 0 Å². The summed E-state index contributed by atoms with van der Waals surface area (Å²) in [4.78, 5) is 27.1. The lowest BCUT2D eigenvalue weighted by atomic mass is 10.2. The van der Waals surface area contributed by atoms with Gasteiger partial charge in [0.2, 0.25) is 5.91 Å². The van der Waals surface area contributed by atoms with E-state index in [1.165, 1.54) is 12.5 Å². The first-order valence-electron chi connectivity index (χ1n) is 7.18. The first kappa shape index (κ1) is 14.7. The van der Waals surface area contributed by atoms with Crippen LogP contribution in [0.3, 0.4) is 0 Å². The van der Waals surface area contributed by atoms with E-state index in [4.69, 9.17) is 0 Å². The van der Waals surface area contributed by atoms with E-state index in [1.807, 2.05) is 11.0 Å². The summed E-state index contributed by atoms with van der Waals surface area (Å²) in [5.41, 5.74) is 1.30. The smallest absolute Gasteiger partial charge is 0.230 e. The topological polar surface area (TPSA) is 40.6 Å². The van der Waals surface area contributed by atoms with E-state index in [2.05, 4.69) is 29.2 Å². The van der Waals surface area contributed by atoms with Gasteiger partial charge in [-0.05, 0) is 18.9 Å². The molecule has 1 aromatic rings. The first-order valence-corrected chi connectivity index (χ1v) is 7.18. The van der Waals surface area contributed by atoms with Crippen molar-refractivity contribution < 1.29 is 9.59 Å². The molecular formula is C16H22N2O2. The van der Waals surface area contributed by atoms with Crippen LogP contribution in [0.15, 0.2) is 30.3 Å². The van der Waals surface area contributed by atoms with Crippen LogP contribution in [-0.4, -0.2) is 47.7 Å². The summed E-state index contributed by atoms with van der Waals surface area (Å²) in [6, 6.07) is 10.4. The van der Waals surface area contributed by atoms with Gasteiger partial charge in [0.25, 0.3) is 0 Å². The molecule has 0 spiro atoms. The fraction of sp³-hybridized carbons (Fsp3) is 0.500. The summed E-state index contributed by atoms with van der Waals surface area (Å²) in [6.07, 6.45) is 1.01. The van der Waals surface area contributed by atoms with Crippen molar-refractivity contribution in [2.45, 2.75) is 26.3 Å². The lowest BCUT2D eigenvalue weighted by Crippen LogP contribution is -2.35. The SMILES string of the molecule is CC(=O)CC(=O)N1CCCN(Cc2ccccc2)CC1. The van der Waals surface area contributed by atoms with Gasteiger partial charge in [-0.1, -0.05) is 30.3 Å². The molecule has 0 unspecified atom stereocenters. The lowest BCUT2D eigenvalue weighted by Gasteiger charge is -2.21. The zero-order chi connectivity index (χ0) is 14.4. The van der Waals surface area contributed by atoms with Crippen LogP contribution in [0.4, 0.5) is 0 Å².